The third kappa shape index (κ3) is 5.19. The molecule has 0 bridgehead atoms. The van der Waals surface area contributed by atoms with Crippen LogP contribution < -0.4 is 11.1 Å². The monoisotopic (exact) mass is 268 g/mol. The normalized spacial score (nSPS) is 12.7. The number of amides is 1. The van der Waals surface area contributed by atoms with Crippen molar-refractivity contribution in [1.29, 1.82) is 0 Å². The van der Waals surface area contributed by atoms with Gasteiger partial charge >= 0.3 is 0 Å². The van der Waals surface area contributed by atoms with E-state index in [1.165, 1.54) is 11.1 Å². The average molecular weight is 268 g/mol. The number of rotatable bonds is 7. The Kier molecular flexibility index (Phi) is 6.36. The lowest BCUT2D eigenvalue weighted by Crippen LogP contribution is -2.28. The summed E-state index contributed by atoms with van der Waals surface area (Å²) in [6.07, 6.45) is 1.55. The van der Waals surface area contributed by atoms with Crippen LogP contribution in [0.15, 0.2) is 10.8 Å². The van der Waals surface area contributed by atoms with Gasteiger partial charge in [-0.3, -0.25) is 4.79 Å². The quantitative estimate of drug-likeness (QED) is 0.799. The number of nitrogens with one attached hydrogen (secondary N) is 1. The van der Waals surface area contributed by atoms with Gasteiger partial charge in [0.25, 0.3) is 0 Å². The third-order valence-corrected chi connectivity index (χ3v) is 3.96. The Bertz CT molecular complexity index is 374. The van der Waals surface area contributed by atoms with Gasteiger partial charge in [-0.15, -0.1) is 0 Å². The summed E-state index contributed by atoms with van der Waals surface area (Å²) in [6.45, 7) is 7.61. The van der Waals surface area contributed by atoms with Gasteiger partial charge in [0.15, 0.2) is 0 Å². The predicted octanol–water partition coefficient (Wildman–Crippen LogP) is 2.68. The van der Waals surface area contributed by atoms with Crippen LogP contribution >= 0.6 is 11.3 Å². The molecule has 1 amide bonds. The van der Waals surface area contributed by atoms with Crippen molar-refractivity contribution in [2.24, 2.45) is 17.6 Å². The molecule has 0 aliphatic rings. The lowest BCUT2D eigenvalue weighted by molar-refractivity contribution is -0.122. The van der Waals surface area contributed by atoms with E-state index in [0.29, 0.717) is 31.3 Å². The minimum Gasteiger partial charge on any atom is -0.352 e. The van der Waals surface area contributed by atoms with Crippen LogP contribution in [0, 0.1) is 18.8 Å². The van der Waals surface area contributed by atoms with Gasteiger partial charge in [0.05, 0.1) is 0 Å². The first kappa shape index (κ1) is 15.2. The molecule has 0 aliphatic carbocycles. The first-order valence-electron chi connectivity index (χ1n) is 6.51. The Balaban J connectivity index is 2.34. The average Bonchev–Trinajstić information content (AvgIpc) is 2.70. The maximum absolute atomic E-state index is 11.8. The zero-order valence-corrected chi connectivity index (χ0v) is 12.3. The molecule has 0 saturated heterocycles. The second-order valence-electron chi connectivity index (χ2n) is 5.29. The standard InChI is InChI=1S/C14H24N2OS/c1-10(2)4-12(6-15)5-14(17)16-7-13-9-18-8-11(13)3/h8-10,12H,4-7,15H2,1-3H3,(H,16,17)/t12-/m0/s1. The highest BCUT2D eigenvalue weighted by Gasteiger charge is 2.14. The molecule has 0 fully saturated rings. The van der Waals surface area contributed by atoms with Crippen LogP contribution in [-0.2, 0) is 11.3 Å². The van der Waals surface area contributed by atoms with Crippen LogP contribution in [0.4, 0.5) is 0 Å². The van der Waals surface area contributed by atoms with Gasteiger partial charge in [-0.1, -0.05) is 13.8 Å². The summed E-state index contributed by atoms with van der Waals surface area (Å²) >= 11 is 1.67. The van der Waals surface area contributed by atoms with E-state index in [1.807, 2.05) is 0 Å². The fourth-order valence-corrected chi connectivity index (χ4v) is 2.88. The van der Waals surface area contributed by atoms with Crippen LogP contribution in [-0.4, -0.2) is 12.5 Å². The summed E-state index contributed by atoms with van der Waals surface area (Å²) in [5.74, 6) is 0.996. The van der Waals surface area contributed by atoms with Gasteiger partial charge in [0, 0.05) is 13.0 Å². The van der Waals surface area contributed by atoms with Crippen molar-refractivity contribution in [2.45, 2.75) is 40.2 Å². The van der Waals surface area contributed by atoms with E-state index in [9.17, 15) is 4.79 Å². The Morgan fingerprint density at radius 2 is 2.17 bits per heavy atom. The molecule has 102 valence electrons. The molecule has 1 rings (SSSR count). The molecule has 0 aromatic carbocycles. The third-order valence-electron chi connectivity index (χ3n) is 3.05. The minimum atomic E-state index is 0.108. The second-order valence-corrected chi connectivity index (χ2v) is 6.04. The number of nitrogens with two attached hydrogens (primary N) is 1. The molecule has 1 aromatic heterocycles. The van der Waals surface area contributed by atoms with Crippen molar-refractivity contribution in [1.82, 2.24) is 5.32 Å². The number of thiophene rings is 1. The van der Waals surface area contributed by atoms with Crippen molar-refractivity contribution in [3.63, 3.8) is 0 Å². The molecule has 3 nitrogen and oxygen atoms in total. The van der Waals surface area contributed by atoms with Gasteiger partial charge in [0.2, 0.25) is 5.91 Å². The topological polar surface area (TPSA) is 55.1 Å². The van der Waals surface area contributed by atoms with E-state index in [0.717, 1.165) is 6.42 Å². The molecule has 0 spiro atoms. The molecule has 0 radical (unpaired) electrons. The zero-order valence-electron chi connectivity index (χ0n) is 11.5. The summed E-state index contributed by atoms with van der Waals surface area (Å²) in [7, 11) is 0. The van der Waals surface area contributed by atoms with Crippen molar-refractivity contribution < 1.29 is 4.79 Å². The molecule has 18 heavy (non-hydrogen) atoms. The van der Waals surface area contributed by atoms with Crippen LogP contribution in [0.25, 0.3) is 0 Å². The van der Waals surface area contributed by atoms with Gasteiger partial charge in [-0.2, -0.15) is 11.3 Å². The smallest absolute Gasteiger partial charge is 0.220 e. The first-order valence-corrected chi connectivity index (χ1v) is 7.45. The van der Waals surface area contributed by atoms with Gasteiger partial charge in [-0.25, -0.2) is 0 Å². The summed E-state index contributed by atoms with van der Waals surface area (Å²) in [5.41, 5.74) is 8.16. The SMILES string of the molecule is Cc1cscc1CNC(=O)C[C@@H](CN)CC(C)C. The van der Waals surface area contributed by atoms with Gasteiger partial charge in [0.1, 0.15) is 0 Å². The summed E-state index contributed by atoms with van der Waals surface area (Å²) in [5, 5.41) is 7.16. The summed E-state index contributed by atoms with van der Waals surface area (Å²) in [4.78, 5) is 11.8. The molecule has 0 unspecified atom stereocenters. The second kappa shape index (κ2) is 7.54. The van der Waals surface area contributed by atoms with Crippen LogP contribution in [0.2, 0.25) is 0 Å². The Morgan fingerprint density at radius 3 is 2.67 bits per heavy atom. The van der Waals surface area contributed by atoms with Crippen LogP contribution in [0.5, 0.6) is 0 Å². The highest BCUT2D eigenvalue weighted by molar-refractivity contribution is 7.08. The number of aryl methyl sites for hydroxylation is 1. The molecule has 1 aromatic rings. The Hall–Kier alpha value is -0.870. The Labute approximate surface area is 114 Å². The molecule has 3 N–H and O–H groups in total. The number of hydrogen-bond acceptors (Lipinski definition) is 3. The molecule has 1 atom stereocenters. The minimum absolute atomic E-state index is 0.108. The molecule has 0 saturated carbocycles. The van der Waals surface area contributed by atoms with E-state index in [2.05, 4.69) is 36.8 Å². The molecule has 1 heterocycles. The van der Waals surface area contributed by atoms with E-state index in [-0.39, 0.29) is 5.91 Å². The molecule has 0 aliphatic heterocycles. The Morgan fingerprint density at radius 1 is 1.44 bits per heavy atom. The number of carbonyl (C=O) groups excluding carboxylic acids is 1. The van der Waals surface area contributed by atoms with E-state index in [4.69, 9.17) is 5.73 Å². The van der Waals surface area contributed by atoms with E-state index in [1.54, 1.807) is 11.3 Å². The summed E-state index contributed by atoms with van der Waals surface area (Å²) in [6, 6.07) is 0. The van der Waals surface area contributed by atoms with Crippen molar-refractivity contribution in [3.8, 4) is 0 Å². The molecular weight excluding hydrogens is 244 g/mol. The van der Waals surface area contributed by atoms with Crippen molar-refractivity contribution in [3.05, 3.63) is 21.9 Å². The first-order chi connectivity index (χ1) is 8.52. The van der Waals surface area contributed by atoms with Crippen LogP contribution in [0.1, 0.15) is 37.8 Å². The van der Waals surface area contributed by atoms with Gasteiger partial charge in [-0.05, 0) is 53.6 Å². The van der Waals surface area contributed by atoms with E-state index < -0.39 is 0 Å². The molecule has 4 heteroatoms. The maximum atomic E-state index is 11.8. The lowest BCUT2D eigenvalue weighted by Gasteiger charge is -2.16. The largest absolute Gasteiger partial charge is 0.352 e. The highest BCUT2D eigenvalue weighted by Crippen LogP contribution is 2.15. The summed E-state index contributed by atoms with van der Waals surface area (Å²) < 4.78 is 0. The highest BCUT2D eigenvalue weighted by atomic mass is 32.1. The van der Waals surface area contributed by atoms with Crippen LogP contribution in [0.3, 0.4) is 0 Å². The number of hydrogen-bond donors (Lipinski definition) is 2. The lowest BCUT2D eigenvalue weighted by atomic mass is 9.94. The fourth-order valence-electron chi connectivity index (χ4n) is 2.03. The molecular formula is C14H24N2OS. The van der Waals surface area contributed by atoms with Gasteiger partial charge < -0.3 is 11.1 Å². The van der Waals surface area contributed by atoms with E-state index >= 15 is 0 Å². The predicted molar refractivity (Wildman–Crippen MR) is 77.5 cm³/mol. The fraction of sp³-hybridized carbons (Fsp3) is 0.643. The van der Waals surface area contributed by atoms with Crippen molar-refractivity contribution >= 4 is 17.2 Å². The van der Waals surface area contributed by atoms with Crippen molar-refractivity contribution in [2.75, 3.05) is 6.54 Å². The zero-order chi connectivity index (χ0) is 13.5. The number of carbonyl (C=O) groups is 1. The maximum Gasteiger partial charge on any atom is 0.220 e.